The van der Waals surface area contributed by atoms with Gasteiger partial charge in [0.1, 0.15) is 0 Å². The van der Waals surface area contributed by atoms with Crippen molar-refractivity contribution in [3.63, 3.8) is 0 Å². The predicted octanol–water partition coefficient (Wildman–Crippen LogP) is 3.44. The third kappa shape index (κ3) is 2.41. The van der Waals surface area contributed by atoms with Gasteiger partial charge in [-0.05, 0) is 42.0 Å². The van der Waals surface area contributed by atoms with Gasteiger partial charge in [-0.2, -0.15) is 0 Å². The molecular formula is C15H18O2. The predicted molar refractivity (Wildman–Crippen MR) is 69.0 cm³/mol. The van der Waals surface area contributed by atoms with Crippen molar-refractivity contribution in [1.29, 1.82) is 0 Å². The number of allylic oxidation sites excluding steroid dienone is 1. The van der Waals surface area contributed by atoms with E-state index in [-0.39, 0.29) is 6.42 Å². The summed E-state index contributed by atoms with van der Waals surface area (Å²) in [4.78, 5) is 10.9. The van der Waals surface area contributed by atoms with E-state index < -0.39 is 5.97 Å². The zero-order valence-electron chi connectivity index (χ0n) is 10.4. The van der Waals surface area contributed by atoms with Gasteiger partial charge in [-0.25, -0.2) is 0 Å². The van der Waals surface area contributed by atoms with Crippen LogP contribution in [0.3, 0.4) is 0 Å². The molecule has 17 heavy (non-hydrogen) atoms. The number of rotatable bonds is 4. The van der Waals surface area contributed by atoms with Crippen molar-refractivity contribution >= 4 is 11.5 Å². The highest BCUT2D eigenvalue weighted by Crippen LogP contribution is 2.35. The monoisotopic (exact) mass is 230 g/mol. The summed E-state index contributed by atoms with van der Waals surface area (Å²) in [5, 5.41) is 8.96. The summed E-state index contributed by atoms with van der Waals surface area (Å²) in [6.07, 6.45) is 3.24. The van der Waals surface area contributed by atoms with Crippen LogP contribution in [-0.2, 0) is 17.6 Å². The van der Waals surface area contributed by atoms with E-state index in [1.807, 2.05) is 6.92 Å². The molecule has 0 atom stereocenters. The van der Waals surface area contributed by atoms with Crippen LogP contribution in [0.2, 0.25) is 0 Å². The Morgan fingerprint density at radius 1 is 1.41 bits per heavy atom. The first kappa shape index (κ1) is 11.9. The molecule has 0 aliphatic heterocycles. The zero-order chi connectivity index (χ0) is 12.4. The second-order valence-electron chi connectivity index (χ2n) is 4.75. The van der Waals surface area contributed by atoms with Crippen LogP contribution in [-0.4, -0.2) is 11.1 Å². The molecule has 1 aliphatic rings. The fourth-order valence-electron chi connectivity index (χ4n) is 2.52. The molecule has 0 bridgehead atoms. The van der Waals surface area contributed by atoms with Crippen molar-refractivity contribution in [2.75, 3.05) is 0 Å². The Morgan fingerprint density at radius 2 is 2.18 bits per heavy atom. The molecule has 2 rings (SSSR count). The summed E-state index contributed by atoms with van der Waals surface area (Å²) >= 11 is 0. The van der Waals surface area contributed by atoms with E-state index in [0.29, 0.717) is 0 Å². The Balaban J connectivity index is 2.36. The van der Waals surface area contributed by atoms with Gasteiger partial charge in [0.05, 0.1) is 6.42 Å². The smallest absolute Gasteiger partial charge is 0.307 e. The lowest BCUT2D eigenvalue weighted by Crippen LogP contribution is -1.97. The highest BCUT2D eigenvalue weighted by atomic mass is 16.4. The summed E-state index contributed by atoms with van der Waals surface area (Å²) in [6.45, 7) is 4.20. The average molecular weight is 230 g/mol. The zero-order valence-corrected chi connectivity index (χ0v) is 10.4. The van der Waals surface area contributed by atoms with E-state index in [0.717, 1.165) is 30.4 Å². The summed E-state index contributed by atoms with van der Waals surface area (Å²) in [7, 11) is 0. The number of hydrogen-bond acceptors (Lipinski definition) is 1. The van der Waals surface area contributed by atoms with Gasteiger partial charge >= 0.3 is 5.97 Å². The first-order chi connectivity index (χ1) is 8.11. The van der Waals surface area contributed by atoms with Crippen molar-refractivity contribution < 1.29 is 9.90 Å². The van der Waals surface area contributed by atoms with Crippen molar-refractivity contribution in [1.82, 2.24) is 0 Å². The van der Waals surface area contributed by atoms with Crippen LogP contribution in [0, 0.1) is 0 Å². The minimum atomic E-state index is -0.743. The van der Waals surface area contributed by atoms with Gasteiger partial charge in [0.15, 0.2) is 0 Å². The van der Waals surface area contributed by atoms with Gasteiger partial charge in [-0.3, -0.25) is 4.79 Å². The number of fused-ring (bicyclic) bond motifs is 1. The maximum atomic E-state index is 10.9. The lowest BCUT2D eigenvalue weighted by molar-refractivity contribution is -0.135. The summed E-state index contributed by atoms with van der Waals surface area (Å²) < 4.78 is 0. The number of benzene rings is 1. The van der Waals surface area contributed by atoms with Crippen molar-refractivity contribution in [2.24, 2.45) is 0 Å². The number of aryl methyl sites for hydroxylation is 1. The Labute approximate surface area is 102 Å². The largest absolute Gasteiger partial charge is 0.481 e. The van der Waals surface area contributed by atoms with Crippen LogP contribution in [0.1, 0.15) is 43.4 Å². The SMILES string of the molecule is CCCc1ccc2c(c1)C(CC(=O)O)=C(C)C2. The lowest BCUT2D eigenvalue weighted by Gasteiger charge is -2.07. The van der Waals surface area contributed by atoms with E-state index in [1.54, 1.807) is 0 Å². The van der Waals surface area contributed by atoms with E-state index in [2.05, 4.69) is 25.1 Å². The molecule has 90 valence electrons. The molecular weight excluding hydrogens is 212 g/mol. The number of carboxylic acid groups (broad SMARTS) is 1. The summed E-state index contributed by atoms with van der Waals surface area (Å²) in [6, 6.07) is 6.49. The van der Waals surface area contributed by atoms with Gasteiger partial charge in [0.25, 0.3) is 0 Å². The lowest BCUT2D eigenvalue weighted by atomic mass is 9.98. The van der Waals surface area contributed by atoms with Gasteiger partial charge in [0.2, 0.25) is 0 Å². The van der Waals surface area contributed by atoms with E-state index in [9.17, 15) is 4.79 Å². The highest BCUT2D eigenvalue weighted by molar-refractivity contribution is 5.88. The van der Waals surface area contributed by atoms with Gasteiger partial charge in [-0.1, -0.05) is 37.1 Å². The normalized spacial score (nSPS) is 14.0. The molecule has 0 radical (unpaired) electrons. The van der Waals surface area contributed by atoms with E-state index in [4.69, 9.17) is 5.11 Å². The minimum Gasteiger partial charge on any atom is -0.481 e. The molecule has 0 saturated heterocycles. The molecule has 0 fully saturated rings. The number of hydrogen-bond donors (Lipinski definition) is 1. The van der Waals surface area contributed by atoms with E-state index >= 15 is 0 Å². The number of aliphatic carboxylic acids is 1. The number of carbonyl (C=O) groups is 1. The van der Waals surface area contributed by atoms with Crippen LogP contribution in [0.5, 0.6) is 0 Å². The molecule has 0 heterocycles. The first-order valence-corrected chi connectivity index (χ1v) is 6.14. The molecule has 1 aromatic carbocycles. The second kappa shape index (κ2) is 4.74. The molecule has 0 unspecified atom stereocenters. The summed E-state index contributed by atoms with van der Waals surface area (Å²) in [5.74, 6) is -0.743. The Morgan fingerprint density at radius 3 is 2.82 bits per heavy atom. The number of carboxylic acids is 1. The topological polar surface area (TPSA) is 37.3 Å². The summed E-state index contributed by atoms with van der Waals surface area (Å²) in [5.41, 5.74) is 5.97. The van der Waals surface area contributed by atoms with Crippen molar-refractivity contribution in [3.05, 3.63) is 40.5 Å². The first-order valence-electron chi connectivity index (χ1n) is 6.14. The van der Waals surface area contributed by atoms with Crippen molar-refractivity contribution in [2.45, 2.75) is 39.5 Å². The third-order valence-electron chi connectivity index (χ3n) is 3.34. The maximum Gasteiger partial charge on any atom is 0.307 e. The molecule has 2 heteroatoms. The fourth-order valence-corrected chi connectivity index (χ4v) is 2.52. The molecule has 0 saturated carbocycles. The maximum absolute atomic E-state index is 10.9. The average Bonchev–Trinajstić information content (AvgIpc) is 2.56. The van der Waals surface area contributed by atoms with E-state index in [1.165, 1.54) is 16.7 Å². The standard InChI is InChI=1S/C15H18O2/c1-3-4-11-5-6-12-7-10(2)13(9-15(16)17)14(12)8-11/h5-6,8H,3-4,7,9H2,1-2H3,(H,16,17). The van der Waals surface area contributed by atoms with Gasteiger partial charge in [0, 0.05) is 0 Å². The Kier molecular flexibility index (Phi) is 3.32. The highest BCUT2D eigenvalue weighted by Gasteiger charge is 2.20. The molecule has 1 aliphatic carbocycles. The molecule has 0 spiro atoms. The van der Waals surface area contributed by atoms with Crippen LogP contribution in [0.4, 0.5) is 0 Å². The van der Waals surface area contributed by atoms with Crippen LogP contribution < -0.4 is 0 Å². The van der Waals surface area contributed by atoms with Gasteiger partial charge < -0.3 is 5.11 Å². The van der Waals surface area contributed by atoms with Crippen LogP contribution >= 0.6 is 0 Å². The molecule has 1 aromatic rings. The van der Waals surface area contributed by atoms with Crippen LogP contribution in [0.25, 0.3) is 5.57 Å². The molecule has 0 amide bonds. The minimum absolute atomic E-state index is 0.147. The van der Waals surface area contributed by atoms with Crippen molar-refractivity contribution in [3.8, 4) is 0 Å². The molecule has 1 N–H and O–H groups in total. The Hall–Kier alpha value is -1.57. The van der Waals surface area contributed by atoms with Crippen LogP contribution in [0.15, 0.2) is 23.8 Å². The Bertz CT molecular complexity index is 484. The van der Waals surface area contributed by atoms with Gasteiger partial charge in [-0.15, -0.1) is 0 Å². The third-order valence-corrected chi connectivity index (χ3v) is 3.34. The second-order valence-corrected chi connectivity index (χ2v) is 4.75. The molecule has 2 nitrogen and oxygen atoms in total. The fraction of sp³-hybridized carbons (Fsp3) is 0.400. The quantitative estimate of drug-likeness (QED) is 0.860. The molecule has 0 aromatic heterocycles.